The van der Waals surface area contributed by atoms with Gasteiger partial charge in [0, 0.05) is 26.2 Å². The summed E-state index contributed by atoms with van der Waals surface area (Å²) in [4.78, 5) is 55.1. The van der Waals surface area contributed by atoms with Crippen molar-refractivity contribution in [2.45, 2.75) is 341 Å². The van der Waals surface area contributed by atoms with E-state index in [2.05, 4.69) is 27.7 Å². The lowest BCUT2D eigenvalue weighted by Crippen LogP contribution is -2.44. The van der Waals surface area contributed by atoms with E-state index in [1.807, 2.05) is 0 Å². The summed E-state index contributed by atoms with van der Waals surface area (Å²) in [6, 6.07) is 0. The fraction of sp³-hybridized carbons (Fsp3) is 0.940. The Morgan fingerprint density at radius 2 is 0.395 bits per heavy atom. The number of aliphatic hydroxyl groups excluding tert-OH is 4. The highest BCUT2D eigenvalue weighted by Crippen LogP contribution is 2.16. The first-order chi connectivity index (χ1) is 39.5. The highest BCUT2D eigenvalue weighted by atomic mass is 16.6. The third-order valence-electron chi connectivity index (χ3n) is 15.7. The summed E-state index contributed by atoms with van der Waals surface area (Å²) in [6.45, 7) is 10.3. The van der Waals surface area contributed by atoms with E-state index >= 15 is 0 Å². The molecule has 0 heterocycles. The van der Waals surface area contributed by atoms with E-state index in [1.165, 1.54) is 180 Å². The molecule has 0 aromatic heterocycles. The van der Waals surface area contributed by atoms with E-state index in [-0.39, 0.29) is 52.6 Å². The van der Waals surface area contributed by atoms with E-state index in [4.69, 9.17) is 18.9 Å². The second-order valence-corrected chi connectivity index (χ2v) is 23.7. The van der Waals surface area contributed by atoms with Gasteiger partial charge in [-0.05, 0) is 51.6 Å². The van der Waals surface area contributed by atoms with Crippen molar-refractivity contribution < 1.29 is 58.6 Å². The van der Waals surface area contributed by atoms with Crippen molar-refractivity contribution in [3.8, 4) is 0 Å². The smallest absolute Gasteiger partial charge is 0.336 e. The molecule has 0 aromatic carbocycles. The van der Waals surface area contributed by atoms with E-state index in [9.17, 15) is 39.6 Å². The van der Waals surface area contributed by atoms with Crippen LogP contribution < -0.4 is 0 Å². The summed E-state index contributed by atoms with van der Waals surface area (Å²) in [6.07, 6.45) is 44.3. The summed E-state index contributed by atoms with van der Waals surface area (Å²) in [5.41, 5.74) is 0. The molecule has 480 valence electrons. The average molecular weight is 1160 g/mol. The lowest BCUT2D eigenvalue weighted by Gasteiger charge is -2.26. The minimum atomic E-state index is -1.44. The molecule has 0 aromatic rings. The maximum Gasteiger partial charge on any atom is 0.336 e. The Balaban J connectivity index is 5.31. The van der Waals surface area contributed by atoms with Gasteiger partial charge in [-0.2, -0.15) is 0 Å². The Morgan fingerprint density at radius 3 is 0.568 bits per heavy atom. The molecule has 0 amide bonds. The lowest BCUT2D eigenvalue weighted by atomic mass is 10.1. The number of rotatable bonds is 64. The van der Waals surface area contributed by atoms with E-state index < -0.39 is 48.3 Å². The van der Waals surface area contributed by atoms with Gasteiger partial charge < -0.3 is 39.4 Å². The van der Waals surface area contributed by atoms with Gasteiger partial charge in [-0.3, -0.25) is 9.80 Å². The van der Waals surface area contributed by atoms with Crippen LogP contribution in [-0.4, -0.2) is 144 Å². The van der Waals surface area contributed by atoms with Crippen LogP contribution in [0.3, 0.4) is 0 Å². The molecule has 14 nitrogen and oxygen atoms in total. The Labute approximate surface area is 497 Å². The largest absolute Gasteiger partial charge is 0.464 e. The van der Waals surface area contributed by atoms with Gasteiger partial charge in [-0.25, -0.2) is 19.2 Å². The zero-order valence-electron chi connectivity index (χ0n) is 53.1. The molecule has 0 bridgehead atoms. The van der Waals surface area contributed by atoms with Gasteiger partial charge in [0.05, 0.1) is 26.4 Å². The number of hydrogen-bond acceptors (Lipinski definition) is 14. The van der Waals surface area contributed by atoms with Gasteiger partial charge in [-0.15, -0.1) is 0 Å². The summed E-state index contributed by atoms with van der Waals surface area (Å²) >= 11 is 0. The Hall–Kier alpha value is -2.36. The summed E-state index contributed by atoms with van der Waals surface area (Å²) in [7, 11) is 0. The SMILES string of the molecule is CCCCCCCCCCCCOC(=O)C(O)CN(CCCCCCCN(CC(O)C(=O)OCCCCCCCCCCCC)CC(O)C(=O)OCCCCCCCCCCCC)CC(O)C(=O)OCCCCCCCCCCCC. The minimum absolute atomic E-state index is 0.0946. The van der Waals surface area contributed by atoms with Crippen LogP contribution in [0.5, 0.6) is 0 Å². The maximum atomic E-state index is 12.9. The van der Waals surface area contributed by atoms with Crippen LogP contribution in [0, 0.1) is 0 Å². The molecule has 4 N–H and O–H groups in total. The average Bonchev–Trinajstić information content (AvgIpc) is 3.45. The highest BCUT2D eigenvalue weighted by Gasteiger charge is 2.27. The Bertz CT molecular complexity index is 1200. The fourth-order valence-corrected chi connectivity index (χ4v) is 10.4. The standard InChI is InChI=1S/C67H130N2O12/c1-5-9-13-17-21-25-29-33-40-46-52-78-64(74)60(70)56-68(57-61(71)65(75)79-53-47-41-34-30-26-22-18-14-10-6-2)50-44-38-37-39-45-51-69(58-62(72)66(76)80-54-48-42-35-31-27-23-19-15-11-7-3)59-63(73)67(77)81-55-49-43-36-32-28-24-20-16-12-8-4/h60-63,70-73H,5-59H2,1-4H3. The van der Waals surface area contributed by atoms with E-state index in [0.717, 1.165) is 96.3 Å². The van der Waals surface area contributed by atoms with Crippen molar-refractivity contribution in [1.29, 1.82) is 0 Å². The molecule has 0 saturated heterocycles. The molecular weight excluding hydrogens is 1020 g/mol. The predicted octanol–water partition coefficient (Wildman–Crippen LogP) is 14.8. The second-order valence-electron chi connectivity index (χ2n) is 23.7. The van der Waals surface area contributed by atoms with E-state index in [1.54, 1.807) is 9.80 Å². The van der Waals surface area contributed by atoms with E-state index in [0.29, 0.717) is 25.9 Å². The van der Waals surface area contributed by atoms with Gasteiger partial charge in [0.25, 0.3) is 0 Å². The number of hydrogen-bond donors (Lipinski definition) is 4. The van der Waals surface area contributed by atoms with Crippen LogP contribution in [0.15, 0.2) is 0 Å². The van der Waals surface area contributed by atoms with Crippen LogP contribution in [0.2, 0.25) is 0 Å². The normalized spacial score (nSPS) is 13.2. The molecule has 0 aliphatic carbocycles. The molecule has 0 radical (unpaired) electrons. The zero-order valence-corrected chi connectivity index (χ0v) is 53.1. The van der Waals surface area contributed by atoms with Crippen molar-refractivity contribution in [2.24, 2.45) is 0 Å². The Kier molecular flexibility index (Phi) is 59.0. The van der Waals surface area contributed by atoms with Crippen LogP contribution in [0.4, 0.5) is 0 Å². The molecule has 4 unspecified atom stereocenters. The number of nitrogens with zero attached hydrogens (tertiary/aromatic N) is 2. The van der Waals surface area contributed by atoms with Gasteiger partial charge in [0.2, 0.25) is 0 Å². The third-order valence-corrected chi connectivity index (χ3v) is 15.7. The number of carbonyl (C=O) groups excluding carboxylic acids is 4. The summed E-state index contributed by atoms with van der Waals surface area (Å²) in [5, 5.41) is 43.8. The van der Waals surface area contributed by atoms with Gasteiger partial charge in [-0.1, -0.05) is 278 Å². The second kappa shape index (κ2) is 60.8. The van der Waals surface area contributed by atoms with Crippen LogP contribution in [0.25, 0.3) is 0 Å². The number of carbonyl (C=O) groups is 4. The first-order valence-electron chi connectivity index (χ1n) is 34.3. The molecule has 0 aliphatic rings. The lowest BCUT2D eigenvalue weighted by molar-refractivity contribution is -0.158. The monoisotopic (exact) mass is 1150 g/mol. The van der Waals surface area contributed by atoms with Crippen LogP contribution in [0.1, 0.15) is 317 Å². The molecule has 0 fully saturated rings. The minimum Gasteiger partial charge on any atom is -0.464 e. The fourth-order valence-electron chi connectivity index (χ4n) is 10.4. The molecule has 0 aliphatic heterocycles. The van der Waals surface area contributed by atoms with Crippen molar-refractivity contribution in [1.82, 2.24) is 9.80 Å². The van der Waals surface area contributed by atoms with Gasteiger partial charge in [0.15, 0.2) is 24.4 Å². The van der Waals surface area contributed by atoms with Crippen LogP contribution >= 0.6 is 0 Å². The predicted molar refractivity (Wildman–Crippen MR) is 331 cm³/mol. The zero-order chi connectivity index (χ0) is 59.5. The first kappa shape index (κ1) is 78.6. The first-order valence-corrected chi connectivity index (χ1v) is 34.3. The highest BCUT2D eigenvalue weighted by molar-refractivity contribution is 5.76. The number of ether oxygens (including phenoxy) is 4. The van der Waals surface area contributed by atoms with Crippen molar-refractivity contribution in [3.63, 3.8) is 0 Å². The summed E-state index contributed by atoms with van der Waals surface area (Å²) < 4.78 is 21.8. The molecule has 0 spiro atoms. The van der Waals surface area contributed by atoms with Crippen molar-refractivity contribution >= 4 is 23.9 Å². The van der Waals surface area contributed by atoms with Crippen molar-refractivity contribution in [3.05, 3.63) is 0 Å². The molecule has 14 heteroatoms. The summed E-state index contributed by atoms with van der Waals surface area (Å²) in [5.74, 6) is -2.84. The van der Waals surface area contributed by atoms with Crippen LogP contribution in [-0.2, 0) is 38.1 Å². The van der Waals surface area contributed by atoms with Crippen molar-refractivity contribution in [2.75, 3.05) is 65.7 Å². The quantitative estimate of drug-likeness (QED) is 0.0255. The molecule has 0 saturated carbocycles. The number of aliphatic hydroxyl groups is 4. The molecule has 0 rings (SSSR count). The number of esters is 4. The topological polar surface area (TPSA) is 193 Å². The molecular formula is C67H130N2O12. The third kappa shape index (κ3) is 52.9. The molecule has 4 atom stereocenters. The maximum absolute atomic E-state index is 12.9. The number of unbranched alkanes of at least 4 members (excludes halogenated alkanes) is 40. The Morgan fingerprint density at radius 1 is 0.247 bits per heavy atom. The van der Waals surface area contributed by atoms with Gasteiger partial charge in [0.1, 0.15) is 0 Å². The molecule has 81 heavy (non-hydrogen) atoms. The van der Waals surface area contributed by atoms with Gasteiger partial charge >= 0.3 is 23.9 Å².